The van der Waals surface area contributed by atoms with Crippen LogP contribution in [0.1, 0.15) is 31.1 Å². The Morgan fingerprint density at radius 3 is 2.52 bits per heavy atom. The van der Waals surface area contributed by atoms with E-state index in [0.29, 0.717) is 29.3 Å². The second-order valence-corrected chi connectivity index (χ2v) is 7.74. The number of hydrogen-bond acceptors (Lipinski definition) is 6. The maximum absolute atomic E-state index is 11.6. The van der Waals surface area contributed by atoms with Crippen molar-refractivity contribution in [1.82, 2.24) is 5.32 Å². The number of methoxy groups -OCH3 is 2. The molecule has 1 heterocycles. The van der Waals surface area contributed by atoms with E-state index in [-0.39, 0.29) is 18.1 Å². The summed E-state index contributed by atoms with van der Waals surface area (Å²) < 4.78 is 16.1. The highest BCUT2D eigenvalue weighted by molar-refractivity contribution is 5.96. The Bertz CT molecular complexity index is 864. The second-order valence-electron chi connectivity index (χ2n) is 7.74. The predicted molar refractivity (Wildman–Crippen MR) is 111 cm³/mol. The van der Waals surface area contributed by atoms with Crippen LogP contribution in [0.15, 0.2) is 36.4 Å². The Morgan fingerprint density at radius 2 is 1.86 bits per heavy atom. The van der Waals surface area contributed by atoms with Crippen molar-refractivity contribution < 1.29 is 24.1 Å². The van der Waals surface area contributed by atoms with Crippen molar-refractivity contribution in [3.8, 4) is 17.2 Å². The number of β-amino-alcohol motifs (C(OH)–C–C–N with tert-alkyl or cyclic N) is 1. The van der Waals surface area contributed by atoms with E-state index in [2.05, 4.69) is 24.5 Å². The van der Waals surface area contributed by atoms with Gasteiger partial charge in [-0.1, -0.05) is 12.1 Å². The van der Waals surface area contributed by atoms with Gasteiger partial charge in [-0.05, 0) is 44.0 Å². The fraction of sp³-hybridized carbons (Fsp3) is 0.409. The first-order valence-electron chi connectivity index (χ1n) is 9.52. The maximum atomic E-state index is 11.6. The maximum Gasteiger partial charge on any atom is 0.262 e. The van der Waals surface area contributed by atoms with Gasteiger partial charge in [0, 0.05) is 23.7 Å². The number of carbonyl (C=O) groups excluding carboxylic acids is 1. The summed E-state index contributed by atoms with van der Waals surface area (Å²) in [5.74, 6) is 1.61. The molecular weight excluding hydrogens is 372 g/mol. The molecule has 29 heavy (non-hydrogen) atoms. The van der Waals surface area contributed by atoms with Crippen LogP contribution < -0.4 is 24.8 Å². The molecule has 156 valence electrons. The molecule has 1 aliphatic rings. The van der Waals surface area contributed by atoms with Crippen LogP contribution in [0.5, 0.6) is 17.2 Å². The smallest absolute Gasteiger partial charge is 0.262 e. The van der Waals surface area contributed by atoms with Crippen LogP contribution in [-0.4, -0.2) is 43.9 Å². The SMILES string of the molecule is COc1ccc(CC(C)(C)NCC(O)c2cc(OC)cc3c2OCC(=O)N3)cc1. The number of carbonyl (C=O) groups is 1. The number of nitrogens with one attached hydrogen (secondary N) is 2. The monoisotopic (exact) mass is 400 g/mol. The Hall–Kier alpha value is -2.77. The van der Waals surface area contributed by atoms with Crippen LogP contribution in [0.25, 0.3) is 0 Å². The van der Waals surface area contributed by atoms with Gasteiger partial charge < -0.3 is 30.0 Å². The summed E-state index contributed by atoms with van der Waals surface area (Å²) >= 11 is 0. The molecule has 7 heteroatoms. The first kappa shape index (κ1) is 21.0. The molecule has 0 saturated heterocycles. The lowest BCUT2D eigenvalue weighted by Gasteiger charge is -2.29. The van der Waals surface area contributed by atoms with Gasteiger partial charge >= 0.3 is 0 Å². The normalized spacial score (nSPS) is 14.4. The highest BCUT2D eigenvalue weighted by Crippen LogP contribution is 2.39. The van der Waals surface area contributed by atoms with Gasteiger partial charge in [-0.2, -0.15) is 0 Å². The summed E-state index contributed by atoms with van der Waals surface area (Å²) in [7, 11) is 3.19. The lowest BCUT2D eigenvalue weighted by atomic mass is 9.94. The number of aliphatic hydroxyl groups is 1. The minimum absolute atomic E-state index is 0.0740. The van der Waals surface area contributed by atoms with E-state index >= 15 is 0 Å². The first-order chi connectivity index (χ1) is 13.8. The van der Waals surface area contributed by atoms with Gasteiger partial charge in [0.2, 0.25) is 0 Å². The molecule has 2 aromatic rings. The van der Waals surface area contributed by atoms with Crippen LogP contribution in [0.3, 0.4) is 0 Å². The van der Waals surface area contributed by atoms with Crippen molar-refractivity contribution in [2.24, 2.45) is 0 Å². The number of hydrogen-bond donors (Lipinski definition) is 3. The lowest BCUT2D eigenvalue weighted by molar-refractivity contribution is -0.118. The molecule has 1 aliphatic heterocycles. The van der Waals surface area contributed by atoms with Crippen molar-refractivity contribution in [2.45, 2.75) is 31.9 Å². The van der Waals surface area contributed by atoms with Crippen LogP contribution in [0, 0.1) is 0 Å². The molecule has 0 radical (unpaired) electrons. The van der Waals surface area contributed by atoms with Crippen molar-refractivity contribution in [1.29, 1.82) is 0 Å². The lowest BCUT2D eigenvalue weighted by Crippen LogP contribution is -2.43. The molecule has 0 aromatic heterocycles. The van der Waals surface area contributed by atoms with Gasteiger partial charge in [0.25, 0.3) is 5.91 Å². The molecule has 1 atom stereocenters. The first-order valence-corrected chi connectivity index (χ1v) is 9.52. The zero-order chi connectivity index (χ0) is 21.0. The average Bonchev–Trinajstić information content (AvgIpc) is 2.71. The largest absolute Gasteiger partial charge is 0.497 e. The topological polar surface area (TPSA) is 89.1 Å². The molecule has 0 aliphatic carbocycles. The predicted octanol–water partition coefficient (Wildman–Crippen LogP) is 2.68. The van der Waals surface area contributed by atoms with E-state index in [1.807, 2.05) is 24.3 Å². The number of rotatable bonds is 8. The minimum atomic E-state index is -0.830. The number of anilines is 1. The molecule has 0 saturated carbocycles. The number of benzene rings is 2. The Kier molecular flexibility index (Phi) is 6.30. The van der Waals surface area contributed by atoms with E-state index < -0.39 is 6.10 Å². The molecule has 2 aromatic carbocycles. The van der Waals surface area contributed by atoms with Crippen LogP contribution in [0.2, 0.25) is 0 Å². The molecule has 1 amide bonds. The standard InChI is InChI=1S/C22H28N2O5/c1-22(2,11-14-5-7-15(27-3)8-6-14)23-12-19(25)17-9-16(28-4)10-18-21(17)29-13-20(26)24-18/h5-10,19,23,25H,11-13H2,1-4H3,(H,24,26). The number of fused-ring (bicyclic) bond motifs is 1. The zero-order valence-electron chi connectivity index (χ0n) is 17.2. The van der Waals surface area contributed by atoms with Gasteiger partial charge in [-0.15, -0.1) is 0 Å². The summed E-state index contributed by atoms with van der Waals surface area (Å²) in [6.45, 7) is 4.42. The van der Waals surface area contributed by atoms with Crippen LogP contribution in [0.4, 0.5) is 5.69 Å². The molecule has 0 spiro atoms. The molecule has 7 nitrogen and oxygen atoms in total. The highest BCUT2D eigenvalue weighted by atomic mass is 16.5. The van der Waals surface area contributed by atoms with Crippen molar-refractivity contribution in [3.63, 3.8) is 0 Å². The molecule has 3 N–H and O–H groups in total. The van der Waals surface area contributed by atoms with E-state index in [1.54, 1.807) is 26.4 Å². The highest BCUT2D eigenvalue weighted by Gasteiger charge is 2.26. The van der Waals surface area contributed by atoms with Gasteiger partial charge in [0.05, 0.1) is 26.0 Å². The minimum Gasteiger partial charge on any atom is -0.497 e. The van der Waals surface area contributed by atoms with E-state index in [9.17, 15) is 9.90 Å². The summed E-state index contributed by atoms with van der Waals surface area (Å²) in [5.41, 5.74) is 2.01. The van der Waals surface area contributed by atoms with Crippen molar-refractivity contribution in [2.75, 3.05) is 32.7 Å². The summed E-state index contributed by atoms with van der Waals surface area (Å²) in [6, 6.07) is 11.4. The van der Waals surface area contributed by atoms with Crippen LogP contribution >= 0.6 is 0 Å². The van der Waals surface area contributed by atoms with Crippen molar-refractivity contribution in [3.05, 3.63) is 47.5 Å². The van der Waals surface area contributed by atoms with Gasteiger partial charge in [0.1, 0.15) is 17.2 Å². The molecule has 0 bridgehead atoms. The summed E-state index contributed by atoms with van der Waals surface area (Å²) in [6.07, 6.45) is -0.0454. The van der Waals surface area contributed by atoms with E-state index in [1.165, 1.54) is 5.56 Å². The van der Waals surface area contributed by atoms with Gasteiger partial charge in [-0.3, -0.25) is 4.79 Å². The Labute approximate surface area is 171 Å². The van der Waals surface area contributed by atoms with Crippen molar-refractivity contribution >= 4 is 11.6 Å². The third-order valence-electron chi connectivity index (χ3n) is 4.89. The third-order valence-corrected chi connectivity index (χ3v) is 4.89. The quantitative estimate of drug-likeness (QED) is 0.631. The Morgan fingerprint density at radius 1 is 1.17 bits per heavy atom. The van der Waals surface area contributed by atoms with E-state index in [0.717, 1.165) is 12.2 Å². The summed E-state index contributed by atoms with van der Waals surface area (Å²) in [5, 5.41) is 17.0. The Balaban J connectivity index is 1.70. The molecule has 0 fully saturated rings. The van der Waals surface area contributed by atoms with Gasteiger partial charge in [-0.25, -0.2) is 0 Å². The third kappa shape index (κ3) is 5.19. The average molecular weight is 400 g/mol. The number of ether oxygens (including phenoxy) is 3. The fourth-order valence-electron chi connectivity index (χ4n) is 3.37. The second kappa shape index (κ2) is 8.71. The fourth-order valence-corrected chi connectivity index (χ4v) is 3.37. The van der Waals surface area contributed by atoms with E-state index in [4.69, 9.17) is 14.2 Å². The van der Waals surface area contributed by atoms with Gasteiger partial charge in [0.15, 0.2) is 6.61 Å². The zero-order valence-corrected chi connectivity index (χ0v) is 17.2. The number of aliphatic hydroxyl groups excluding tert-OH is 1. The molecule has 3 rings (SSSR count). The summed E-state index contributed by atoms with van der Waals surface area (Å²) in [4.78, 5) is 11.6. The molecule has 1 unspecified atom stereocenters. The molecular formula is C22H28N2O5. The number of amides is 1. The van der Waals surface area contributed by atoms with Crippen LogP contribution in [-0.2, 0) is 11.2 Å².